The van der Waals surface area contributed by atoms with E-state index in [2.05, 4.69) is 48.5 Å². The minimum absolute atomic E-state index is 0.186. The van der Waals surface area contributed by atoms with Gasteiger partial charge in [0.1, 0.15) is 0 Å². The number of piperidine rings is 1. The zero-order chi connectivity index (χ0) is 15.1. The Bertz CT molecular complexity index is 464. The van der Waals surface area contributed by atoms with E-state index in [-0.39, 0.29) is 11.8 Å². The van der Waals surface area contributed by atoms with Gasteiger partial charge in [-0.1, -0.05) is 29.8 Å². The number of carbonyl (C=O) groups is 1. The maximum atomic E-state index is 12.1. The number of hydrogen-bond donors (Lipinski definition) is 1. The first-order chi connectivity index (χ1) is 10.1. The lowest BCUT2D eigenvalue weighted by molar-refractivity contribution is -0.126. The molecule has 1 saturated heterocycles. The van der Waals surface area contributed by atoms with Gasteiger partial charge in [0.2, 0.25) is 5.91 Å². The van der Waals surface area contributed by atoms with Gasteiger partial charge in [-0.05, 0) is 38.9 Å². The second kappa shape index (κ2) is 8.44. The van der Waals surface area contributed by atoms with Gasteiger partial charge >= 0.3 is 0 Å². The molecule has 1 N–H and O–H groups in total. The Hall–Kier alpha value is -1.00. The molecule has 21 heavy (non-hydrogen) atoms. The van der Waals surface area contributed by atoms with Gasteiger partial charge in [0.05, 0.1) is 5.92 Å². The minimum Gasteiger partial charge on any atom is -0.355 e. The Balaban J connectivity index is 1.60. The predicted octanol–water partition coefficient (Wildman–Crippen LogP) is 2.69. The smallest absolute Gasteiger partial charge is 0.224 e. The van der Waals surface area contributed by atoms with E-state index in [1.54, 1.807) is 0 Å². The summed E-state index contributed by atoms with van der Waals surface area (Å²) in [5, 5.41) is 3.08. The Labute approximate surface area is 132 Å². The largest absolute Gasteiger partial charge is 0.355 e. The first-order valence-electron chi connectivity index (χ1n) is 7.74. The van der Waals surface area contributed by atoms with Crippen molar-refractivity contribution in [1.29, 1.82) is 0 Å². The Kier molecular flexibility index (Phi) is 6.58. The van der Waals surface area contributed by atoms with E-state index in [1.807, 2.05) is 11.8 Å². The van der Waals surface area contributed by atoms with Gasteiger partial charge in [-0.2, -0.15) is 11.8 Å². The summed E-state index contributed by atoms with van der Waals surface area (Å²) in [6.07, 6.45) is 2.17. The van der Waals surface area contributed by atoms with E-state index >= 15 is 0 Å². The third-order valence-corrected chi connectivity index (χ3v) is 4.92. The van der Waals surface area contributed by atoms with Crippen LogP contribution in [0.25, 0.3) is 0 Å². The lowest BCUT2D eigenvalue weighted by Gasteiger charge is -2.28. The van der Waals surface area contributed by atoms with Crippen molar-refractivity contribution >= 4 is 17.7 Å². The first-order valence-corrected chi connectivity index (χ1v) is 8.90. The molecule has 0 aliphatic carbocycles. The predicted molar refractivity (Wildman–Crippen MR) is 90.6 cm³/mol. The Morgan fingerprint density at radius 2 is 2.33 bits per heavy atom. The fourth-order valence-electron chi connectivity index (χ4n) is 2.76. The van der Waals surface area contributed by atoms with Crippen LogP contribution in [0.1, 0.15) is 24.0 Å². The van der Waals surface area contributed by atoms with Crippen LogP contribution in [0.2, 0.25) is 0 Å². The normalized spacial score (nSPS) is 19.4. The zero-order valence-electron chi connectivity index (χ0n) is 13.1. The molecule has 3 nitrogen and oxygen atoms in total. The molecule has 1 aromatic carbocycles. The lowest BCUT2D eigenvalue weighted by Crippen LogP contribution is -2.41. The van der Waals surface area contributed by atoms with E-state index in [1.165, 1.54) is 11.1 Å². The molecule has 1 amide bonds. The van der Waals surface area contributed by atoms with Crippen molar-refractivity contribution in [3.8, 4) is 0 Å². The van der Waals surface area contributed by atoms with E-state index in [0.717, 1.165) is 44.0 Å². The molecule has 0 unspecified atom stereocenters. The maximum Gasteiger partial charge on any atom is 0.224 e. The maximum absolute atomic E-state index is 12.1. The van der Waals surface area contributed by atoms with Crippen molar-refractivity contribution in [3.05, 3.63) is 35.4 Å². The van der Waals surface area contributed by atoms with Gasteiger partial charge in [-0.25, -0.2) is 0 Å². The van der Waals surface area contributed by atoms with Crippen LogP contribution in [0.5, 0.6) is 0 Å². The Morgan fingerprint density at radius 1 is 1.48 bits per heavy atom. The van der Waals surface area contributed by atoms with Gasteiger partial charge in [0, 0.05) is 24.6 Å². The van der Waals surface area contributed by atoms with Crippen LogP contribution in [0.3, 0.4) is 0 Å². The van der Waals surface area contributed by atoms with Gasteiger partial charge in [-0.15, -0.1) is 0 Å². The summed E-state index contributed by atoms with van der Waals surface area (Å²) >= 11 is 1.88. The zero-order valence-corrected chi connectivity index (χ0v) is 13.9. The number of nitrogens with zero attached hydrogens (tertiary/aromatic N) is 1. The highest BCUT2D eigenvalue weighted by molar-refractivity contribution is 7.98. The molecular formula is C17H26N2OS. The number of likely N-dealkylation sites (tertiary alicyclic amines) is 1. The van der Waals surface area contributed by atoms with Gasteiger partial charge in [-0.3, -0.25) is 4.79 Å². The fraction of sp³-hybridized carbons (Fsp3) is 0.588. The van der Waals surface area contributed by atoms with Crippen LogP contribution >= 0.6 is 11.8 Å². The van der Waals surface area contributed by atoms with Crippen molar-refractivity contribution in [1.82, 2.24) is 10.2 Å². The SMILES string of the molecule is Cc1cccc(CSCCNC(=O)[C@@H]2CCCN(C)C2)c1. The van der Waals surface area contributed by atoms with Crippen molar-refractivity contribution in [3.63, 3.8) is 0 Å². The van der Waals surface area contributed by atoms with Crippen LogP contribution in [-0.2, 0) is 10.5 Å². The van der Waals surface area contributed by atoms with Crippen LogP contribution in [-0.4, -0.2) is 43.2 Å². The van der Waals surface area contributed by atoms with Gasteiger partial charge in [0.25, 0.3) is 0 Å². The highest BCUT2D eigenvalue weighted by Gasteiger charge is 2.23. The molecule has 4 heteroatoms. The van der Waals surface area contributed by atoms with E-state index in [4.69, 9.17) is 0 Å². The molecule has 0 aromatic heterocycles. The summed E-state index contributed by atoms with van der Waals surface area (Å²) in [6, 6.07) is 8.61. The van der Waals surface area contributed by atoms with Crippen molar-refractivity contribution < 1.29 is 4.79 Å². The molecule has 1 atom stereocenters. The summed E-state index contributed by atoms with van der Waals surface area (Å²) in [5.41, 5.74) is 2.67. The molecule has 1 heterocycles. The quantitative estimate of drug-likeness (QED) is 0.820. The van der Waals surface area contributed by atoms with E-state index < -0.39 is 0 Å². The number of nitrogens with one attached hydrogen (secondary N) is 1. The van der Waals surface area contributed by atoms with Crippen molar-refractivity contribution in [2.24, 2.45) is 5.92 Å². The molecule has 1 fully saturated rings. The molecule has 1 aliphatic heterocycles. The first kappa shape index (κ1) is 16.4. The monoisotopic (exact) mass is 306 g/mol. The summed E-state index contributed by atoms with van der Waals surface area (Å²) in [6.45, 7) is 4.92. The summed E-state index contributed by atoms with van der Waals surface area (Å²) in [7, 11) is 2.09. The van der Waals surface area contributed by atoms with E-state index in [0.29, 0.717) is 0 Å². The highest BCUT2D eigenvalue weighted by atomic mass is 32.2. The molecule has 1 aliphatic rings. The third-order valence-electron chi connectivity index (χ3n) is 3.89. The van der Waals surface area contributed by atoms with Gasteiger partial charge < -0.3 is 10.2 Å². The second-order valence-corrected chi connectivity index (χ2v) is 7.04. The van der Waals surface area contributed by atoms with Gasteiger partial charge in [0.15, 0.2) is 0 Å². The average molecular weight is 306 g/mol. The fourth-order valence-corrected chi connectivity index (χ4v) is 3.57. The standard InChI is InChI=1S/C17H26N2OS/c1-14-5-3-6-15(11-14)13-21-10-8-18-17(20)16-7-4-9-19(2)12-16/h3,5-6,11,16H,4,7-10,12-13H2,1-2H3,(H,18,20)/t16-/m1/s1. The molecule has 0 saturated carbocycles. The molecule has 0 bridgehead atoms. The molecule has 2 rings (SSSR count). The number of hydrogen-bond acceptors (Lipinski definition) is 3. The van der Waals surface area contributed by atoms with Crippen LogP contribution in [0.15, 0.2) is 24.3 Å². The van der Waals surface area contributed by atoms with Crippen molar-refractivity contribution in [2.45, 2.75) is 25.5 Å². The topological polar surface area (TPSA) is 32.3 Å². The number of benzene rings is 1. The van der Waals surface area contributed by atoms with Crippen LogP contribution in [0.4, 0.5) is 0 Å². The minimum atomic E-state index is 0.186. The molecule has 0 spiro atoms. The number of rotatable bonds is 6. The average Bonchev–Trinajstić information content (AvgIpc) is 2.47. The molecular weight excluding hydrogens is 280 g/mol. The second-order valence-electron chi connectivity index (χ2n) is 5.93. The van der Waals surface area contributed by atoms with E-state index in [9.17, 15) is 4.79 Å². The summed E-state index contributed by atoms with van der Waals surface area (Å²) in [5.74, 6) is 2.41. The summed E-state index contributed by atoms with van der Waals surface area (Å²) in [4.78, 5) is 14.3. The third kappa shape index (κ3) is 5.71. The number of aryl methyl sites for hydroxylation is 1. The summed E-state index contributed by atoms with van der Waals surface area (Å²) < 4.78 is 0. The Morgan fingerprint density at radius 3 is 3.10 bits per heavy atom. The molecule has 116 valence electrons. The number of carbonyl (C=O) groups excluding carboxylic acids is 1. The highest BCUT2D eigenvalue weighted by Crippen LogP contribution is 2.15. The lowest BCUT2D eigenvalue weighted by atomic mass is 9.98. The molecule has 1 aromatic rings. The van der Waals surface area contributed by atoms with Crippen molar-refractivity contribution in [2.75, 3.05) is 32.4 Å². The van der Waals surface area contributed by atoms with Crippen LogP contribution < -0.4 is 5.32 Å². The number of thioether (sulfide) groups is 1. The van der Waals surface area contributed by atoms with Crippen LogP contribution in [0, 0.1) is 12.8 Å². The molecule has 0 radical (unpaired) electrons. The number of amides is 1.